The third-order valence-electron chi connectivity index (χ3n) is 9.18. The lowest BCUT2D eigenvalue weighted by molar-refractivity contribution is -0.141. The van der Waals surface area contributed by atoms with Gasteiger partial charge in [0.2, 0.25) is 11.8 Å². The number of alkyl carbamates (subject to hydrolysis) is 1. The molecule has 0 radical (unpaired) electrons. The van der Waals surface area contributed by atoms with Crippen molar-refractivity contribution < 1.29 is 37.8 Å². The van der Waals surface area contributed by atoms with E-state index in [1.54, 1.807) is 56.0 Å². The van der Waals surface area contributed by atoms with Crippen LogP contribution in [0, 0.1) is 17.7 Å². The van der Waals surface area contributed by atoms with Crippen molar-refractivity contribution in [3.63, 3.8) is 0 Å². The van der Waals surface area contributed by atoms with Crippen LogP contribution in [0.5, 0.6) is 0 Å². The Morgan fingerprint density at radius 3 is 2.36 bits per heavy atom. The van der Waals surface area contributed by atoms with Gasteiger partial charge in [-0.2, -0.15) is 0 Å². The summed E-state index contributed by atoms with van der Waals surface area (Å²) in [5.41, 5.74) is 1.15. The Balaban J connectivity index is 1.31. The molecule has 12 heteroatoms. The van der Waals surface area contributed by atoms with Gasteiger partial charge in [0.1, 0.15) is 23.2 Å². The highest BCUT2D eigenvalue weighted by Crippen LogP contribution is 2.39. The summed E-state index contributed by atoms with van der Waals surface area (Å²) >= 11 is 0. The smallest absolute Gasteiger partial charge is 0.407 e. The number of amides is 3. The van der Waals surface area contributed by atoms with Crippen molar-refractivity contribution in [1.29, 1.82) is 0 Å². The second-order valence-electron chi connectivity index (χ2n) is 13.5. The molecule has 4 N–H and O–H groups in total. The van der Waals surface area contributed by atoms with Crippen LogP contribution in [0.15, 0.2) is 48.5 Å². The molecule has 0 bridgehead atoms. The van der Waals surface area contributed by atoms with E-state index in [4.69, 9.17) is 4.74 Å². The lowest BCUT2D eigenvalue weighted by atomic mass is 9.77. The first-order valence-corrected chi connectivity index (χ1v) is 16.1. The molecule has 2 aliphatic rings. The predicted octanol–water partition coefficient (Wildman–Crippen LogP) is 6.39. The van der Waals surface area contributed by atoms with Crippen LogP contribution in [0.4, 0.5) is 19.3 Å². The van der Waals surface area contributed by atoms with Crippen LogP contribution >= 0.6 is 0 Å². The molecule has 1 saturated carbocycles. The first-order chi connectivity index (χ1) is 22.3. The topological polar surface area (TPSA) is 141 Å². The van der Waals surface area contributed by atoms with Crippen LogP contribution in [0.25, 0.3) is 10.9 Å². The summed E-state index contributed by atoms with van der Waals surface area (Å²) in [6, 6.07) is 11.2. The van der Waals surface area contributed by atoms with E-state index in [9.17, 15) is 33.1 Å². The van der Waals surface area contributed by atoms with Crippen molar-refractivity contribution in [3.05, 3.63) is 65.6 Å². The summed E-state index contributed by atoms with van der Waals surface area (Å²) in [7, 11) is 0. The molecule has 1 aromatic heterocycles. The molecule has 3 aromatic rings. The number of fused-ring (bicyclic) bond motifs is 1. The van der Waals surface area contributed by atoms with E-state index in [1.165, 1.54) is 18.2 Å². The number of hydrogen-bond donors (Lipinski definition) is 4. The zero-order chi connectivity index (χ0) is 33.9. The minimum absolute atomic E-state index is 0.0167. The Bertz CT molecular complexity index is 1610. The van der Waals surface area contributed by atoms with Gasteiger partial charge in [-0.15, -0.1) is 0 Å². The first kappa shape index (κ1) is 33.9. The number of carbonyl (C=O) groups excluding carboxylic acids is 3. The molecule has 1 saturated heterocycles. The molecule has 47 heavy (non-hydrogen) atoms. The number of benzene rings is 2. The van der Waals surface area contributed by atoms with E-state index in [-0.39, 0.29) is 35.8 Å². The Morgan fingerprint density at radius 2 is 1.72 bits per heavy atom. The lowest BCUT2D eigenvalue weighted by Gasteiger charge is -2.36. The van der Waals surface area contributed by atoms with Crippen LogP contribution in [-0.2, 0) is 14.3 Å². The molecule has 252 valence electrons. The van der Waals surface area contributed by atoms with Gasteiger partial charge in [-0.3, -0.25) is 14.0 Å². The van der Waals surface area contributed by atoms with Crippen molar-refractivity contribution in [1.82, 2.24) is 15.2 Å². The number of nitrogens with zero attached hydrogens (tertiary/aromatic N) is 1. The number of H-pyrrole nitrogens is 1. The number of likely N-dealkylation sites (tertiary alicyclic amines) is 1. The highest BCUT2D eigenvalue weighted by molar-refractivity contribution is 6.01. The molecule has 2 heterocycles. The largest absolute Gasteiger partial charge is 0.477 e. The van der Waals surface area contributed by atoms with Crippen LogP contribution in [-0.4, -0.2) is 69.8 Å². The van der Waals surface area contributed by atoms with Crippen molar-refractivity contribution in [3.8, 4) is 0 Å². The quantitative estimate of drug-likeness (QED) is 0.211. The minimum atomic E-state index is -1.10. The minimum Gasteiger partial charge on any atom is -0.477 e. The molecule has 0 spiro atoms. The number of carboxylic acids is 1. The Labute approximate surface area is 272 Å². The fourth-order valence-electron chi connectivity index (χ4n) is 6.97. The zero-order valence-electron chi connectivity index (χ0n) is 26.9. The summed E-state index contributed by atoms with van der Waals surface area (Å²) < 4.78 is 32.6. The molecule has 3 atom stereocenters. The van der Waals surface area contributed by atoms with Gasteiger partial charge in [0.15, 0.2) is 0 Å². The number of carboxylic acid groups (broad SMARTS) is 1. The summed E-state index contributed by atoms with van der Waals surface area (Å²) in [6.45, 7) is 5.04. The Morgan fingerprint density at radius 1 is 1.02 bits per heavy atom. The van der Waals surface area contributed by atoms with Gasteiger partial charge >= 0.3 is 12.1 Å². The summed E-state index contributed by atoms with van der Waals surface area (Å²) in [5, 5.41) is 15.7. The molecule has 1 aliphatic heterocycles. The average Bonchev–Trinajstić information content (AvgIpc) is 3.65. The molecule has 10 nitrogen and oxygen atoms in total. The van der Waals surface area contributed by atoms with Gasteiger partial charge in [0, 0.05) is 41.0 Å². The molecule has 2 aromatic carbocycles. The van der Waals surface area contributed by atoms with Crippen molar-refractivity contribution in [2.24, 2.45) is 11.8 Å². The van der Waals surface area contributed by atoms with Crippen molar-refractivity contribution >= 4 is 40.5 Å². The van der Waals surface area contributed by atoms with Crippen molar-refractivity contribution in [2.75, 3.05) is 18.5 Å². The van der Waals surface area contributed by atoms with Gasteiger partial charge in [-0.05, 0) is 107 Å². The molecule has 3 amide bonds. The van der Waals surface area contributed by atoms with Gasteiger partial charge < -0.3 is 30.4 Å². The maximum atomic E-state index is 14.1. The Hall–Kier alpha value is -4.48. The maximum Gasteiger partial charge on any atom is 0.407 e. The fraction of sp³-hybridized carbons (Fsp3) is 0.486. The second-order valence-corrected chi connectivity index (χ2v) is 13.5. The van der Waals surface area contributed by atoms with Crippen molar-refractivity contribution in [2.45, 2.75) is 82.9 Å². The number of hydrogen-bond acceptors (Lipinski definition) is 5. The monoisotopic (exact) mass is 652 g/mol. The number of ether oxygens (including phenoxy) is 1. The van der Waals surface area contributed by atoms with Crippen LogP contribution in [0.2, 0.25) is 0 Å². The first-order valence-electron chi connectivity index (χ1n) is 16.1. The third kappa shape index (κ3) is 8.09. The molecule has 0 unspecified atom stereocenters. The van der Waals surface area contributed by atoms with E-state index in [1.807, 2.05) is 0 Å². The number of aromatic carboxylic acids is 1. The van der Waals surface area contributed by atoms with E-state index >= 15 is 0 Å². The number of nitrogens with one attached hydrogen (secondary N) is 3. The van der Waals surface area contributed by atoms with Gasteiger partial charge in [0.25, 0.3) is 0 Å². The van der Waals surface area contributed by atoms with Crippen LogP contribution < -0.4 is 10.6 Å². The highest BCUT2D eigenvalue weighted by Gasteiger charge is 2.45. The number of carbonyl (C=O) groups is 4. The summed E-state index contributed by atoms with van der Waals surface area (Å²) in [4.78, 5) is 56.3. The average molecular weight is 653 g/mol. The van der Waals surface area contributed by atoms with E-state index in [2.05, 4.69) is 15.6 Å². The number of halogens is 2. The van der Waals surface area contributed by atoms with Crippen LogP contribution in [0.1, 0.15) is 81.3 Å². The number of alkyl halides is 1. The Kier molecular flexibility index (Phi) is 10.2. The fourth-order valence-corrected chi connectivity index (χ4v) is 6.97. The number of aromatic amines is 1. The van der Waals surface area contributed by atoms with Gasteiger partial charge in [-0.25, -0.2) is 14.0 Å². The molecule has 2 fully saturated rings. The number of rotatable bonds is 9. The number of aromatic nitrogens is 1. The maximum absolute atomic E-state index is 14.1. The van der Waals surface area contributed by atoms with E-state index in [0.29, 0.717) is 55.2 Å². The van der Waals surface area contributed by atoms with Gasteiger partial charge in [-0.1, -0.05) is 12.1 Å². The molecule has 5 rings (SSSR count). The van der Waals surface area contributed by atoms with E-state index in [0.717, 1.165) is 5.56 Å². The lowest BCUT2D eigenvalue weighted by Crippen LogP contribution is -2.49. The highest BCUT2D eigenvalue weighted by atomic mass is 19.1. The van der Waals surface area contributed by atoms with E-state index < -0.39 is 48.1 Å². The summed E-state index contributed by atoms with van der Waals surface area (Å²) in [6.07, 6.45) is 2.36. The SMILES string of the molecule is CC(C)(C)OC(=O)N[C@H](CCF)C1CCC(C(=O)N2CC[C@H](c3ccc(F)cc3)[C@H]2C(=O)Nc2ccc3[nH]c(C(=O)O)cc3c2)CC1. The third-order valence-corrected chi connectivity index (χ3v) is 9.18. The standard InChI is InChI=1S/C35H42F2N4O6/c1-35(2,3)47-34(46)40-28(14-16-36)21-4-6-22(7-5-21)32(43)41-17-15-26(20-8-10-24(37)11-9-20)30(41)31(42)38-25-12-13-27-23(18-25)19-29(39-27)33(44)45/h8-13,18-19,21-22,26,28,30,39H,4-7,14-17H2,1-3H3,(H,38,42)(H,40,46)(H,44,45)/t21?,22?,26-,28-,30+/m1/s1. The van der Waals surface area contributed by atoms with Crippen LogP contribution in [0.3, 0.4) is 0 Å². The predicted molar refractivity (Wildman–Crippen MR) is 172 cm³/mol. The molecular weight excluding hydrogens is 610 g/mol. The second kappa shape index (κ2) is 14.1. The van der Waals surface area contributed by atoms with Gasteiger partial charge in [0.05, 0.1) is 6.67 Å². The zero-order valence-corrected chi connectivity index (χ0v) is 26.9. The normalized spacial score (nSPS) is 22.1. The molecule has 1 aliphatic carbocycles. The summed E-state index contributed by atoms with van der Waals surface area (Å²) in [5.74, 6) is -2.74. The molecular formula is C35H42F2N4O6. The number of anilines is 1.